The second-order valence-electron chi connectivity index (χ2n) is 5.33. The highest BCUT2D eigenvalue weighted by Crippen LogP contribution is 2.29. The molecule has 0 amide bonds. The second kappa shape index (κ2) is 6.01. The van der Waals surface area contributed by atoms with Gasteiger partial charge in [0.25, 0.3) is 0 Å². The Labute approximate surface area is 139 Å². The molecule has 2 aromatic heterocycles. The first-order chi connectivity index (χ1) is 11.8. The molecule has 0 saturated carbocycles. The topological polar surface area (TPSA) is 44.1 Å². The lowest BCUT2D eigenvalue weighted by molar-refractivity contribution is 0.203. The Kier molecular flexibility index (Phi) is 3.56. The molecular weight excluding hydrogens is 300 g/mol. The van der Waals surface area contributed by atoms with Crippen molar-refractivity contribution in [2.24, 2.45) is 0 Å². The van der Waals surface area contributed by atoms with Gasteiger partial charge in [-0.15, -0.1) is 0 Å². The predicted octanol–water partition coefficient (Wildman–Crippen LogP) is 4.75. The number of para-hydroxylation sites is 1. The highest BCUT2D eigenvalue weighted by atomic mass is 16.6. The molecule has 4 heteroatoms. The van der Waals surface area contributed by atoms with E-state index in [-0.39, 0.29) is 0 Å². The first-order valence-electron chi connectivity index (χ1n) is 7.61. The molecule has 116 valence electrons. The quantitative estimate of drug-likeness (QED) is 0.536. The average Bonchev–Trinajstić information content (AvgIpc) is 3.03. The van der Waals surface area contributed by atoms with Crippen molar-refractivity contribution in [2.45, 2.75) is 0 Å². The van der Waals surface area contributed by atoms with Gasteiger partial charge in [0.15, 0.2) is 0 Å². The molecule has 0 aliphatic carbocycles. The average molecular weight is 314 g/mol. The number of rotatable bonds is 2. The summed E-state index contributed by atoms with van der Waals surface area (Å²) in [6.07, 6.45) is 2.97. The first-order valence-corrected chi connectivity index (χ1v) is 7.61. The van der Waals surface area contributed by atoms with E-state index in [1.165, 1.54) is 4.57 Å². The number of aromatic nitrogens is 2. The monoisotopic (exact) mass is 314 g/mol. The van der Waals surface area contributed by atoms with Crippen LogP contribution in [0.3, 0.4) is 0 Å². The molecule has 0 spiro atoms. The summed E-state index contributed by atoms with van der Waals surface area (Å²) < 4.78 is 6.89. The van der Waals surface area contributed by atoms with E-state index < -0.39 is 6.09 Å². The van der Waals surface area contributed by atoms with Gasteiger partial charge in [0, 0.05) is 23.3 Å². The number of benzene rings is 2. The van der Waals surface area contributed by atoms with E-state index in [1.54, 1.807) is 24.5 Å². The summed E-state index contributed by atoms with van der Waals surface area (Å²) in [4.78, 5) is 16.9. The fourth-order valence-corrected chi connectivity index (χ4v) is 2.68. The number of pyridine rings is 1. The standard InChI is InChI=1S/C20H14N2O2/c23-20(24-16-10-5-2-6-11-16)22-14-18(15-8-3-1-4-9-15)17-12-7-13-21-19(17)22/h1-14H. The third kappa shape index (κ3) is 2.54. The smallest absolute Gasteiger partial charge is 0.410 e. The molecule has 0 atom stereocenters. The maximum Gasteiger partial charge on any atom is 0.425 e. The molecule has 0 bridgehead atoms. The van der Waals surface area contributed by atoms with Crippen LogP contribution >= 0.6 is 0 Å². The summed E-state index contributed by atoms with van der Waals surface area (Å²) in [5, 5.41) is 0.911. The first kappa shape index (κ1) is 14.2. The highest BCUT2D eigenvalue weighted by molar-refractivity contribution is 5.98. The van der Waals surface area contributed by atoms with E-state index in [0.29, 0.717) is 11.4 Å². The third-order valence-electron chi connectivity index (χ3n) is 3.79. The zero-order valence-electron chi connectivity index (χ0n) is 12.8. The molecular formula is C20H14N2O2. The van der Waals surface area contributed by atoms with E-state index in [0.717, 1.165) is 16.5 Å². The molecule has 4 rings (SSSR count). The van der Waals surface area contributed by atoms with Crippen molar-refractivity contribution in [3.8, 4) is 16.9 Å². The fourth-order valence-electron chi connectivity index (χ4n) is 2.68. The summed E-state index contributed by atoms with van der Waals surface area (Å²) in [5.41, 5.74) is 2.56. The van der Waals surface area contributed by atoms with Gasteiger partial charge < -0.3 is 4.74 Å². The lowest BCUT2D eigenvalue weighted by atomic mass is 10.1. The number of hydrogen-bond donors (Lipinski definition) is 0. The minimum atomic E-state index is -0.480. The van der Waals surface area contributed by atoms with Gasteiger partial charge in [-0.1, -0.05) is 48.5 Å². The van der Waals surface area contributed by atoms with Crippen LogP contribution in [0.4, 0.5) is 4.79 Å². The number of nitrogens with zero attached hydrogens (tertiary/aromatic N) is 2. The van der Waals surface area contributed by atoms with Gasteiger partial charge in [-0.2, -0.15) is 0 Å². The van der Waals surface area contributed by atoms with Crippen molar-refractivity contribution in [1.29, 1.82) is 0 Å². The summed E-state index contributed by atoms with van der Waals surface area (Å²) in [6.45, 7) is 0. The van der Waals surface area contributed by atoms with E-state index >= 15 is 0 Å². The Bertz CT molecular complexity index is 992. The van der Waals surface area contributed by atoms with Crippen molar-refractivity contribution < 1.29 is 9.53 Å². The van der Waals surface area contributed by atoms with Crippen LogP contribution in [0.25, 0.3) is 22.2 Å². The van der Waals surface area contributed by atoms with Gasteiger partial charge in [-0.3, -0.25) is 0 Å². The highest BCUT2D eigenvalue weighted by Gasteiger charge is 2.17. The van der Waals surface area contributed by atoms with Crippen LogP contribution in [0.2, 0.25) is 0 Å². The molecule has 4 nitrogen and oxygen atoms in total. The van der Waals surface area contributed by atoms with Crippen LogP contribution in [0.15, 0.2) is 85.2 Å². The molecule has 0 saturated heterocycles. The molecule has 0 fully saturated rings. The van der Waals surface area contributed by atoms with E-state index in [1.807, 2.05) is 60.7 Å². The SMILES string of the molecule is O=C(Oc1ccccc1)n1cc(-c2ccccc2)c2cccnc21. The Morgan fingerprint density at radius 1 is 0.875 bits per heavy atom. The maximum absolute atomic E-state index is 12.6. The van der Waals surface area contributed by atoms with Crippen LogP contribution in [-0.4, -0.2) is 15.6 Å². The van der Waals surface area contributed by atoms with Crippen LogP contribution in [-0.2, 0) is 0 Å². The Morgan fingerprint density at radius 3 is 2.33 bits per heavy atom. The molecule has 0 radical (unpaired) electrons. The van der Waals surface area contributed by atoms with Gasteiger partial charge in [0.05, 0.1) is 0 Å². The summed E-state index contributed by atoms with van der Waals surface area (Å²) in [7, 11) is 0. The van der Waals surface area contributed by atoms with E-state index in [9.17, 15) is 4.79 Å². The van der Waals surface area contributed by atoms with Gasteiger partial charge in [0.1, 0.15) is 11.4 Å². The Balaban J connectivity index is 1.80. The zero-order valence-corrected chi connectivity index (χ0v) is 12.8. The molecule has 0 unspecified atom stereocenters. The molecule has 24 heavy (non-hydrogen) atoms. The number of hydrogen-bond acceptors (Lipinski definition) is 3. The van der Waals surface area contributed by atoms with Crippen LogP contribution in [0.1, 0.15) is 0 Å². The Hall–Kier alpha value is -3.40. The number of carbonyl (C=O) groups excluding carboxylic acids is 1. The van der Waals surface area contributed by atoms with Crippen molar-refractivity contribution in [1.82, 2.24) is 9.55 Å². The normalized spacial score (nSPS) is 10.7. The summed E-state index contributed by atoms with van der Waals surface area (Å²) in [6, 6.07) is 22.7. The number of fused-ring (bicyclic) bond motifs is 1. The van der Waals surface area contributed by atoms with Crippen molar-refractivity contribution in [2.75, 3.05) is 0 Å². The molecule has 0 aliphatic rings. The molecule has 4 aromatic rings. The van der Waals surface area contributed by atoms with Gasteiger partial charge in [-0.05, 0) is 29.8 Å². The van der Waals surface area contributed by atoms with Gasteiger partial charge >= 0.3 is 6.09 Å². The maximum atomic E-state index is 12.6. The van der Waals surface area contributed by atoms with Crippen molar-refractivity contribution in [3.63, 3.8) is 0 Å². The largest absolute Gasteiger partial charge is 0.425 e. The van der Waals surface area contributed by atoms with Crippen LogP contribution in [0.5, 0.6) is 5.75 Å². The number of carbonyl (C=O) groups is 1. The molecule has 0 aliphatic heterocycles. The van der Waals surface area contributed by atoms with Crippen molar-refractivity contribution in [3.05, 3.63) is 85.2 Å². The second-order valence-corrected chi connectivity index (χ2v) is 5.33. The molecule has 2 aromatic carbocycles. The fraction of sp³-hybridized carbons (Fsp3) is 0. The van der Waals surface area contributed by atoms with Crippen LogP contribution < -0.4 is 4.74 Å². The zero-order chi connectivity index (χ0) is 16.4. The lowest BCUT2D eigenvalue weighted by Gasteiger charge is -2.04. The van der Waals surface area contributed by atoms with E-state index in [2.05, 4.69) is 4.98 Å². The predicted molar refractivity (Wildman–Crippen MR) is 93.0 cm³/mol. The Morgan fingerprint density at radius 2 is 1.58 bits per heavy atom. The van der Waals surface area contributed by atoms with Gasteiger partial charge in [-0.25, -0.2) is 14.3 Å². The van der Waals surface area contributed by atoms with Crippen molar-refractivity contribution >= 4 is 17.1 Å². The van der Waals surface area contributed by atoms with Gasteiger partial charge in [0.2, 0.25) is 0 Å². The summed E-state index contributed by atoms with van der Waals surface area (Å²) in [5.74, 6) is 0.501. The van der Waals surface area contributed by atoms with E-state index in [4.69, 9.17) is 4.74 Å². The molecule has 0 N–H and O–H groups in total. The number of ether oxygens (including phenoxy) is 1. The minimum absolute atomic E-state index is 0.480. The third-order valence-corrected chi connectivity index (χ3v) is 3.79. The minimum Gasteiger partial charge on any atom is -0.410 e. The summed E-state index contributed by atoms with van der Waals surface area (Å²) >= 11 is 0. The lowest BCUT2D eigenvalue weighted by Crippen LogP contribution is -2.16. The molecule has 2 heterocycles. The van der Waals surface area contributed by atoms with Crippen LogP contribution in [0, 0.1) is 0 Å².